The molecule has 4 nitrogen and oxygen atoms in total. The number of benzene rings is 1. The predicted molar refractivity (Wildman–Crippen MR) is 76.2 cm³/mol. The molecule has 0 saturated heterocycles. The van der Waals surface area contributed by atoms with Gasteiger partial charge in [0.25, 0.3) is 0 Å². The van der Waals surface area contributed by atoms with Gasteiger partial charge in [-0.15, -0.1) is 0 Å². The van der Waals surface area contributed by atoms with Gasteiger partial charge >= 0.3 is 5.97 Å². The first kappa shape index (κ1) is 14.5. The first-order valence-corrected chi connectivity index (χ1v) is 7.27. The number of rotatable bonds is 6. The van der Waals surface area contributed by atoms with Crippen molar-refractivity contribution >= 4 is 21.9 Å². The van der Waals surface area contributed by atoms with Gasteiger partial charge in [-0.25, -0.2) is 4.79 Å². The van der Waals surface area contributed by atoms with E-state index in [0.717, 1.165) is 16.6 Å². The fraction of sp³-hybridized carbons (Fsp3) is 0.500. The standard InChI is InChI=1S/C14H18BrNO3/c15-13-8-10(14(18)19)4-5-11(13)9-16(6-7-17)12-2-1-3-12/h4-5,8,12,17H,1-3,6-7,9H2,(H,18,19). The van der Waals surface area contributed by atoms with Gasteiger partial charge in [0.1, 0.15) is 0 Å². The largest absolute Gasteiger partial charge is 0.478 e. The third-order valence-electron chi connectivity index (χ3n) is 3.65. The van der Waals surface area contributed by atoms with Crippen LogP contribution in [0.4, 0.5) is 0 Å². The summed E-state index contributed by atoms with van der Waals surface area (Å²) >= 11 is 3.43. The van der Waals surface area contributed by atoms with Gasteiger partial charge in [-0.2, -0.15) is 0 Å². The van der Waals surface area contributed by atoms with Crippen molar-refractivity contribution in [3.63, 3.8) is 0 Å². The summed E-state index contributed by atoms with van der Waals surface area (Å²) in [7, 11) is 0. The van der Waals surface area contributed by atoms with Crippen LogP contribution in [0.2, 0.25) is 0 Å². The molecule has 0 atom stereocenters. The van der Waals surface area contributed by atoms with Gasteiger partial charge in [-0.3, -0.25) is 4.90 Å². The monoisotopic (exact) mass is 327 g/mol. The first-order chi connectivity index (χ1) is 9.11. The molecule has 0 radical (unpaired) electrons. The smallest absolute Gasteiger partial charge is 0.335 e. The quantitative estimate of drug-likeness (QED) is 0.842. The lowest BCUT2D eigenvalue weighted by atomic mass is 9.91. The molecule has 2 N–H and O–H groups in total. The third kappa shape index (κ3) is 3.55. The second-order valence-electron chi connectivity index (χ2n) is 4.89. The molecule has 1 aliphatic rings. The van der Waals surface area contributed by atoms with Crippen LogP contribution in [0.3, 0.4) is 0 Å². The molecule has 104 valence electrons. The SMILES string of the molecule is O=C(O)c1ccc(CN(CCO)C2CCC2)c(Br)c1. The minimum Gasteiger partial charge on any atom is -0.478 e. The summed E-state index contributed by atoms with van der Waals surface area (Å²) in [5.41, 5.74) is 1.35. The van der Waals surface area contributed by atoms with E-state index in [1.165, 1.54) is 19.3 Å². The van der Waals surface area contributed by atoms with Crippen molar-refractivity contribution < 1.29 is 15.0 Å². The number of halogens is 1. The summed E-state index contributed by atoms with van der Waals surface area (Å²) in [6.07, 6.45) is 3.63. The van der Waals surface area contributed by atoms with E-state index >= 15 is 0 Å². The van der Waals surface area contributed by atoms with Gasteiger partial charge in [-0.05, 0) is 30.5 Å². The van der Waals surface area contributed by atoms with Crippen LogP contribution in [0, 0.1) is 0 Å². The molecule has 0 bridgehead atoms. The van der Waals surface area contributed by atoms with Crippen LogP contribution in [0.5, 0.6) is 0 Å². The van der Waals surface area contributed by atoms with E-state index in [4.69, 9.17) is 10.2 Å². The number of carboxylic acid groups (broad SMARTS) is 1. The van der Waals surface area contributed by atoms with E-state index in [2.05, 4.69) is 20.8 Å². The normalized spacial score (nSPS) is 15.5. The van der Waals surface area contributed by atoms with Gasteiger partial charge in [0.05, 0.1) is 12.2 Å². The van der Waals surface area contributed by atoms with E-state index in [1.54, 1.807) is 12.1 Å². The van der Waals surface area contributed by atoms with Gasteiger partial charge < -0.3 is 10.2 Å². The molecule has 1 aromatic carbocycles. The van der Waals surface area contributed by atoms with Crippen LogP contribution >= 0.6 is 15.9 Å². The van der Waals surface area contributed by atoms with Crippen molar-refractivity contribution in [2.45, 2.75) is 31.8 Å². The molecule has 0 heterocycles. The average molecular weight is 328 g/mol. The van der Waals surface area contributed by atoms with Crippen LogP contribution in [0.25, 0.3) is 0 Å². The third-order valence-corrected chi connectivity index (χ3v) is 4.39. The van der Waals surface area contributed by atoms with Crippen LogP contribution in [0.15, 0.2) is 22.7 Å². The highest BCUT2D eigenvalue weighted by molar-refractivity contribution is 9.10. The number of aliphatic hydroxyl groups is 1. The Hall–Kier alpha value is -0.910. The second kappa shape index (κ2) is 6.50. The summed E-state index contributed by atoms with van der Waals surface area (Å²) in [6.45, 7) is 1.56. The number of carboxylic acids is 1. The highest BCUT2D eigenvalue weighted by Gasteiger charge is 2.25. The van der Waals surface area contributed by atoms with Gasteiger partial charge in [0.2, 0.25) is 0 Å². The Labute approximate surface area is 121 Å². The number of hydrogen-bond acceptors (Lipinski definition) is 3. The van der Waals surface area contributed by atoms with Gasteiger partial charge in [-0.1, -0.05) is 28.4 Å². The van der Waals surface area contributed by atoms with Crippen molar-refractivity contribution in [3.8, 4) is 0 Å². The zero-order chi connectivity index (χ0) is 13.8. The molecule has 2 rings (SSSR count). The molecule has 1 saturated carbocycles. The zero-order valence-corrected chi connectivity index (χ0v) is 12.3. The summed E-state index contributed by atoms with van der Waals surface area (Å²) < 4.78 is 0.815. The summed E-state index contributed by atoms with van der Waals surface area (Å²) in [5.74, 6) is -0.918. The van der Waals surface area contributed by atoms with Crippen molar-refractivity contribution in [2.75, 3.05) is 13.2 Å². The topological polar surface area (TPSA) is 60.8 Å². The van der Waals surface area contributed by atoms with E-state index in [9.17, 15) is 4.79 Å². The molecule has 0 aliphatic heterocycles. The van der Waals surface area contributed by atoms with Gasteiger partial charge in [0, 0.05) is 23.6 Å². The Balaban J connectivity index is 2.09. The Morgan fingerprint density at radius 3 is 2.63 bits per heavy atom. The molecule has 1 fully saturated rings. The van der Waals surface area contributed by atoms with Crippen molar-refractivity contribution in [1.82, 2.24) is 4.90 Å². The lowest BCUT2D eigenvalue weighted by Crippen LogP contribution is -2.41. The van der Waals surface area contributed by atoms with Crippen molar-refractivity contribution in [3.05, 3.63) is 33.8 Å². The number of aliphatic hydroxyl groups excluding tert-OH is 1. The fourth-order valence-electron chi connectivity index (χ4n) is 2.30. The molecule has 5 heteroatoms. The fourth-order valence-corrected chi connectivity index (χ4v) is 2.80. The molecule has 0 amide bonds. The lowest BCUT2D eigenvalue weighted by molar-refractivity contribution is 0.0696. The zero-order valence-electron chi connectivity index (χ0n) is 10.7. The Kier molecular flexibility index (Phi) is 4.96. The first-order valence-electron chi connectivity index (χ1n) is 6.48. The van der Waals surface area contributed by atoms with Crippen molar-refractivity contribution in [1.29, 1.82) is 0 Å². The van der Waals surface area contributed by atoms with Crippen LogP contribution < -0.4 is 0 Å². The number of aromatic carboxylic acids is 1. The van der Waals surface area contributed by atoms with Crippen LogP contribution in [-0.2, 0) is 6.54 Å². The molecule has 1 aromatic rings. The molecule has 0 aromatic heterocycles. The molecular formula is C14H18BrNO3. The summed E-state index contributed by atoms with van der Waals surface area (Å²) in [5, 5.41) is 18.1. The van der Waals surface area contributed by atoms with Crippen LogP contribution in [0.1, 0.15) is 35.2 Å². The van der Waals surface area contributed by atoms with Crippen molar-refractivity contribution in [2.24, 2.45) is 0 Å². The second-order valence-corrected chi connectivity index (χ2v) is 5.74. The minimum absolute atomic E-state index is 0.154. The molecule has 0 spiro atoms. The van der Waals surface area contributed by atoms with E-state index < -0.39 is 5.97 Å². The maximum absolute atomic E-state index is 10.9. The molecular weight excluding hydrogens is 310 g/mol. The minimum atomic E-state index is -0.918. The number of carbonyl (C=O) groups is 1. The molecule has 19 heavy (non-hydrogen) atoms. The highest BCUT2D eigenvalue weighted by atomic mass is 79.9. The summed E-state index contributed by atoms with van der Waals surface area (Å²) in [6, 6.07) is 5.66. The maximum Gasteiger partial charge on any atom is 0.335 e. The van der Waals surface area contributed by atoms with Crippen LogP contribution in [-0.4, -0.2) is 40.3 Å². The lowest BCUT2D eigenvalue weighted by Gasteiger charge is -2.37. The van der Waals surface area contributed by atoms with E-state index in [-0.39, 0.29) is 12.2 Å². The Morgan fingerprint density at radius 1 is 1.42 bits per heavy atom. The molecule has 1 aliphatic carbocycles. The highest BCUT2D eigenvalue weighted by Crippen LogP contribution is 2.28. The van der Waals surface area contributed by atoms with Gasteiger partial charge in [0.15, 0.2) is 0 Å². The Bertz CT molecular complexity index is 460. The number of hydrogen-bond donors (Lipinski definition) is 2. The maximum atomic E-state index is 10.9. The summed E-state index contributed by atoms with van der Waals surface area (Å²) in [4.78, 5) is 13.2. The van der Waals surface area contributed by atoms with E-state index in [1.807, 2.05) is 6.07 Å². The Morgan fingerprint density at radius 2 is 2.16 bits per heavy atom. The predicted octanol–water partition coefficient (Wildman–Crippen LogP) is 2.49. The average Bonchev–Trinajstić information content (AvgIpc) is 2.29. The number of nitrogens with zero attached hydrogens (tertiary/aromatic N) is 1. The van der Waals surface area contributed by atoms with E-state index in [0.29, 0.717) is 12.6 Å². The molecule has 0 unspecified atom stereocenters.